The third kappa shape index (κ3) is 2.94. The van der Waals surface area contributed by atoms with E-state index in [1.807, 2.05) is 31.3 Å². The highest BCUT2D eigenvalue weighted by Gasteiger charge is 2.31. The molecule has 1 N–H and O–H groups in total. The van der Waals surface area contributed by atoms with Crippen molar-refractivity contribution in [1.29, 1.82) is 0 Å². The van der Waals surface area contributed by atoms with Crippen molar-refractivity contribution in [1.82, 2.24) is 9.62 Å². The Morgan fingerprint density at radius 1 is 1.17 bits per heavy atom. The molecule has 23 heavy (non-hydrogen) atoms. The second kappa shape index (κ2) is 6.47. The molecule has 0 aromatic heterocycles. The molecular weight excluding hydrogens is 312 g/mol. The van der Waals surface area contributed by atoms with Crippen LogP contribution < -0.4 is 10.1 Å². The Morgan fingerprint density at radius 3 is 2.61 bits per heavy atom. The van der Waals surface area contributed by atoms with Crippen LogP contribution >= 0.6 is 0 Å². The van der Waals surface area contributed by atoms with Gasteiger partial charge in [-0.3, -0.25) is 0 Å². The second-order valence-corrected chi connectivity index (χ2v) is 7.71. The van der Waals surface area contributed by atoms with Crippen LogP contribution in [0, 0.1) is 0 Å². The van der Waals surface area contributed by atoms with E-state index in [4.69, 9.17) is 4.74 Å². The van der Waals surface area contributed by atoms with Gasteiger partial charge in [-0.2, -0.15) is 4.31 Å². The molecular formula is C17H22N2O3S. The number of rotatable bonds is 4. The number of benzene rings is 2. The van der Waals surface area contributed by atoms with Crippen molar-refractivity contribution in [2.45, 2.75) is 23.8 Å². The summed E-state index contributed by atoms with van der Waals surface area (Å²) in [5, 5.41) is 4.71. The predicted molar refractivity (Wildman–Crippen MR) is 91.3 cm³/mol. The molecule has 5 nitrogen and oxygen atoms in total. The van der Waals surface area contributed by atoms with Gasteiger partial charge >= 0.3 is 0 Å². The molecule has 1 atom stereocenters. The Morgan fingerprint density at radius 2 is 1.91 bits per heavy atom. The summed E-state index contributed by atoms with van der Waals surface area (Å²) in [6.07, 6.45) is 1.88. The Bertz CT molecular complexity index is 805. The number of fused-ring (bicyclic) bond motifs is 1. The maximum atomic E-state index is 13.1. The van der Waals surface area contributed by atoms with E-state index >= 15 is 0 Å². The van der Waals surface area contributed by atoms with E-state index in [1.165, 1.54) is 0 Å². The van der Waals surface area contributed by atoms with Crippen LogP contribution in [-0.2, 0) is 10.0 Å². The highest BCUT2D eigenvalue weighted by atomic mass is 32.2. The van der Waals surface area contributed by atoms with Gasteiger partial charge in [0, 0.05) is 29.9 Å². The average molecular weight is 334 g/mol. The minimum atomic E-state index is -3.52. The van der Waals surface area contributed by atoms with Crippen LogP contribution in [0.3, 0.4) is 0 Å². The Labute approximate surface area is 137 Å². The summed E-state index contributed by atoms with van der Waals surface area (Å²) in [5.74, 6) is 0.686. The minimum Gasteiger partial charge on any atom is -0.496 e. The SMILES string of the molecule is CNC1CCCN(S(=O)(=O)c2ccc(OC)c3ccccc23)C1. The van der Waals surface area contributed by atoms with Crippen molar-refractivity contribution in [2.24, 2.45) is 0 Å². The van der Waals surface area contributed by atoms with E-state index in [0.717, 1.165) is 18.2 Å². The van der Waals surface area contributed by atoms with Gasteiger partial charge in [-0.1, -0.05) is 24.3 Å². The molecule has 3 rings (SSSR count). The van der Waals surface area contributed by atoms with E-state index in [9.17, 15) is 8.42 Å². The molecule has 6 heteroatoms. The van der Waals surface area contributed by atoms with Gasteiger partial charge in [-0.15, -0.1) is 0 Å². The first-order valence-corrected chi connectivity index (χ1v) is 9.25. The van der Waals surface area contributed by atoms with E-state index in [1.54, 1.807) is 23.5 Å². The summed E-state index contributed by atoms with van der Waals surface area (Å²) in [7, 11) is -0.0450. The van der Waals surface area contributed by atoms with Gasteiger partial charge in [0.1, 0.15) is 5.75 Å². The molecule has 0 bridgehead atoms. The van der Waals surface area contributed by atoms with E-state index in [0.29, 0.717) is 29.1 Å². The van der Waals surface area contributed by atoms with Crippen molar-refractivity contribution in [3.05, 3.63) is 36.4 Å². The van der Waals surface area contributed by atoms with Crippen LogP contribution in [0.2, 0.25) is 0 Å². The van der Waals surface area contributed by atoms with Crippen molar-refractivity contribution in [3.8, 4) is 5.75 Å². The number of piperidine rings is 1. The van der Waals surface area contributed by atoms with Crippen LogP contribution in [0.25, 0.3) is 10.8 Å². The van der Waals surface area contributed by atoms with Crippen LogP contribution in [0.15, 0.2) is 41.3 Å². The van der Waals surface area contributed by atoms with Gasteiger partial charge in [0.25, 0.3) is 0 Å². The summed E-state index contributed by atoms with van der Waals surface area (Å²) in [4.78, 5) is 0.352. The topological polar surface area (TPSA) is 58.6 Å². The first-order chi connectivity index (χ1) is 11.1. The zero-order chi connectivity index (χ0) is 16.4. The smallest absolute Gasteiger partial charge is 0.243 e. The third-order valence-corrected chi connectivity index (χ3v) is 6.40. The summed E-state index contributed by atoms with van der Waals surface area (Å²) in [5.41, 5.74) is 0. The van der Waals surface area contributed by atoms with Crippen LogP contribution in [0.1, 0.15) is 12.8 Å². The molecule has 1 aliphatic rings. The molecule has 2 aromatic carbocycles. The fourth-order valence-electron chi connectivity index (χ4n) is 3.18. The lowest BCUT2D eigenvalue weighted by Crippen LogP contribution is -2.46. The van der Waals surface area contributed by atoms with E-state index in [-0.39, 0.29) is 6.04 Å². The maximum absolute atomic E-state index is 13.1. The van der Waals surface area contributed by atoms with Crippen LogP contribution in [0.4, 0.5) is 0 Å². The van der Waals surface area contributed by atoms with Gasteiger partial charge in [0.05, 0.1) is 12.0 Å². The average Bonchev–Trinajstić information content (AvgIpc) is 2.60. The highest BCUT2D eigenvalue weighted by Crippen LogP contribution is 2.33. The number of nitrogens with one attached hydrogen (secondary N) is 1. The number of nitrogens with zero attached hydrogens (tertiary/aromatic N) is 1. The number of hydrogen-bond donors (Lipinski definition) is 1. The van der Waals surface area contributed by atoms with Crippen molar-refractivity contribution < 1.29 is 13.2 Å². The standard InChI is InChI=1S/C17H22N2O3S/c1-18-13-6-5-11-19(12-13)23(20,21)17-10-9-16(22-2)14-7-3-4-8-15(14)17/h3-4,7-10,13,18H,5-6,11-12H2,1-2H3. The Hall–Kier alpha value is -1.63. The zero-order valence-corrected chi connectivity index (χ0v) is 14.3. The number of likely N-dealkylation sites (N-methyl/N-ethyl adjacent to an activating group) is 1. The summed E-state index contributed by atoms with van der Waals surface area (Å²) in [6.45, 7) is 1.08. The zero-order valence-electron chi connectivity index (χ0n) is 13.5. The molecule has 0 radical (unpaired) electrons. The normalized spacial score (nSPS) is 19.8. The molecule has 124 valence electrons. The second-order valence-electron chi connectivity index (χ2n) is 5.80. The lowest BCUT2D eigenvalue weighted by Gasteiger charge is -2.32. The Balaban J connectivity index is 2.08. The molecule has 1 aliphatic heterocycles. The van der Waals surface area contributed by atoms with Gasteiger partial charge in [-0.25, -0.2) is 8.42 Å². The molecule has 1 saturated heterocycles. The summed E-state index contributed by atoms with van der Waals surface area (Å²) >= 11 is 0. The van der Waals surface area contributed by atoms with Crippen molar-refractivity contribution in [2.75, 3.05) is 27.2 Å². The minimum absolute atomic E-state index is 0.211. The molecule has 2 aromatic rings. The highest BCUT2D eigenvalue weighted by molar-refractivity contribution is 7.89. The van der Waals surface area contributed by atoms with Crippen LogP contribution in [-0.4, -0.2) is 46.0 Å². The van der Waals surface area contributed by atoms with E-state index in [2.05, 4.69) is 5.32 Å². The number of ether oxygens (including phenoxy) is 1. The monoisotopic (exact) mass is 334 g/mol. The fraction of sp³-hybridized carbons (Fsp3) is 0.412. The van der Waals surface area contributed by atoms with Crippen molar-refractivity contribution in [3.63, 3.8) is 0 Å². The van der Waals surface area contributed by atoms with Gasteiger partial charge in [0.15, 0.2) is 0 Å². The van der Waals surface area contributed by atoms with Gasteiger partial charge in [0.2, 0.25) is 10.0 Å². The first kappa shape index (κ1) is 16.2. The molecule has 0 amide bonds. The number of methoxy groups -OCH3 is 1. The molecule has 0 saturated carbocycles. The molecule has 1 fully saturated rings. The molecule has 1 unspecified atom stereocenters. The maximum Gasteiger partial charge on any atom is 0.243 e. The predicted octanol–water partition coefficient (Wildman–Crippen LogP) is 2.22. The van der Waals surface area contributed by atoms with Gasteiger partial charge < -0.3 is 10.1 Å². The molecule has 1 heterocycles. The summed E-state index contributed by atoms with van der Waals surface area (Å²) < 4.78 is 33.2. The first-order valence-electron chi connectivity index (χ1n) is 7.81. The van der Waals surface area contributed by atoms with Crippen LogP contribution in [0.5, 0.6) is 5.75 Å². The lowest BCUT2D eigenvalue weighted by molar-refractivity contribution is 0.293. The lowest BCUT2D eigenvalue weighted by atomic mass is 10.1. The van der Waals surface area contributed by atoms with Crippen molar-refractivity contribution >= 4 is 20.8 Å². The number of hydrogen-bond acceptors (Lipinski definition) is 4. The van der Waals surface area contributed by atoms with Gasteiger partial charge in [-0.05, 0) is 32.0 Å². The quantitative estimate of drug-likeness (QED) is 0.931. The van der Waals surface area contributed by atoms with E-state index < -0.39 is 10.0 Å². The Kier molecular flexibility index (Phi) is 4.57. The molecule has 0 aliphatic carbocycles. The third-order valence-electron chi connectivity index (χ3n) is 4.47. The number of sulfonamides is 1. The largest absolute Gasteiger partial charge is 0.496 e. The fourth-order valence-corrected chi connectivity index (χ4v) is 4.90. The molecule has 0 spiro atoms. The summed E-state index contributed by atoms with van der Waals surface area (Å²) in [6, 6.07) is 11.1.